The normalized spacial score (nSPS) is 19.2. The van der Waals surface area contributed by atoms with Crippen LogP contribution in [0.4, 0.5) is 18.0 Å². The van der Waals surface area contributed by atoms with Crippen LogP contribution >= 0.6 is 0 Å². The number of carboxylic acid groups (broad SMARTS) is 1. The van der Waals surface area contributed by atoms with E-state index in [-0.39, 0.29) is 18.5 Å². The number of hydrogen-bond donors (Lipinski definition) is 0. The van der Waals surface area contributed by atoms with Gasteiger partial charge in [0.05, 0.1) is 0 Å². The van der Waals surface area contributed by atoms with Gasteiger partial charge in [-0.25, -0.2) is 4.18 Å². The molecule has 0 aromatic heterocycles. The second-order valence-electron chi connectivity index (χ2n) is 4.26. The Hall–Kier alpha value is -1.81. The van der Waals surface area contributed by atoms with Crippen LogP contribution in [0.3, 0.4) is 0 Å². The van der Waals surface area contributed by atoms with Crippen molar-refractivity contribution in [3.05, 3.63) is 35.4 Å². The molecule has 1 aromatic rings. The first-order valence-corrected chi connectivity index (χ1v) is 7.09. The SMILES string of the molecule is O=C([O-])N1CCc2ccccc2C1OS(=O)(=O)C(F)(F)F. The van der Waals surface area contributed by atoms with Crippen LogP contribution in [0.2, 0.25) is 0 Å². The van der Waals surface area contributed by atoms with E-state index >= 15 is 0 Å². The highest BCUT2D eigenvalue weighted by Crippen LogP contribution is 2.35. The van der Waals surface area contributed by atoms with E-state index in [0.29, 0.717) is 10.5 Å². The number of carbonyl (C=O) groups is 1. The summed E-state index contributed by atoms with van der Waals surface area (Å²) in [6.45, 7) is -0.225. The van der Waals surface area contributed by atoms with Gasteiger partial charge in [-0.15, -0.1) is 0 Å². The quantitative estimate of drug-likeness (QED) is 0.592. The third-order valence-electron chi connectivity index (χ3n) is 2.96. The lowest BCUT2D eigenvalue weighted by atomic mass is 9.99. The van der Waals surface area contributed by atoms with E-state index in [0.717, 1.165) is 0 Å². The second kappa shape index (κ2) is 5.19. The van der Waals surface area contributed by atoms with Gasteiger partial charge in [-0.2, -0.15) is 21.6 Å². The second-order valence-corrected chi connectivity index (χ2v) is 5.82. The van der Waals surface area contributed by atoms with Gasteiger partial charge in [0.1, 0.15) is 6.09 Å². The molecule has 0 saturated carbocycles. The number of halogens is 3. The van der Waals surface area contributed by atoms with Crippen molar-refractivity contribution in [2.45, 2.75) is 18.2 Å². The summed E-state index contributed by atoms with van der Waals surface area (Å²) in [7, 11) is -5.94. The Kier molecular flexibility index (Phi) is 3.85. The number of rotatable bonds is 2. The molecule has 1 heterocycles. The fourth-order valence-electron chi connectivity index (χ4n) is 1.99. The largest absolute Gasteiger partial charge is 0.530 e. The lowest BCUT2D eigenvalue weighted by Gasteiger charge is -2.37. The van der Waals surface area contributed by atoms with Crippen LogP contribution in [0.15, 0.2) is 24.3 Å². The van der Waals surface area contributed by atoms with Crippen LogP contribution in [-0.4, -0.2) is 31.5 Å². The van der Waals surface area contributed by atoms with Crippen LogP contribution in [0, 0.1) is 0 Å². The molecule has 1 unspecified atom stereocenters. The minimum absolute atomic E-state index is 0.0424. The molecular formula is C11H9F3NO5S-. The first kappa shape index (κ1) is 15.6. The Morgan fingerprint density at radius 2 is 1.95 bits per heavy atom. The van der Waals surface area contributed by atoms with Crippen LogP contribution in [-0.2, 0) is 20.7 Å². The van der Waals surface area contributed by atoms with E-state index in [9.17, 15) is 31.5 Å². The topological polar surface area (TPSA) is 86.7 Å². The Balaban J connectivity index is 2.44. The van der Waals surface area contributed by atoms with Gasteiger partial charge in [-0.3, -0.25) is 0 Å². The maximum absolute atomic E-state index is 12.4. The Morgan fingerprint density at radius 3 is 2.52 bits per heavy atom. The van der Waals surface area contributed by atoms with E-state index in [1.165, 1.54) is 12.1 Å². The van der Waals surface area contributed by atoms with Gasteiger partial charge < -0.3 is 14.8 Å². The molecular weight excluding hydrogens is 315 g/mol. The number of hydrogen-bond acceptors (Lipinski definition) is 5. The molecule has 1 atom stereocenters. The van der Waals surface area contributed by atoms with E-state index in [1.54, 1.807) is 12.1 Å². The van der Waals surface area contributed by atoms with Gasteiger partial charge in [0.2, 0.25) is 0 Å². The van der Waals surface area contributed by atoms with Gasteiger partial charge in [-0.05, 0) is 12.0 Å². The average Bonchev–Trinajstić information content (AvgIpc) is 2.37. The van der Waals surface area contributed by atoms with Crippen molar-refractivity contribution in [2.24, 2.45) is 0 Å². The molecule has 0 saturated heterocycles. The zero-order valence-corrected chi connectivity index (χ0v) is 11.1. The van der Waals surface area contributed by atoms with E-state index in [1.807, 2.05) is 0 Å². The van der Waals surface area contributed by atoms with Crippen LogP contribution in [0.5, 0.6) is 0 Å². The van der Waals surface area contributed by atoms with Gasteiger partial charge in [-0.1, -0.05) is 24.3 Å². The zero-order chi connectivity index (χ0) is 15.8. The number of fused-ring (bicyclic) bond motifs is 1. The Labute approximate surface area is 117 Å². The highest BCUT2D eigenvalue weighted by atomic mass is 32.2. The summed E-state index contributed by atoms with van der Waals surface area (Å²) in [6, 6.07) is 5.90. The lowest BCUT2D eigenvalue weighted by Crippen LogP contribution is -2.48. The summed E-state index contributed by atoms with van der Waals surface area (Å²) < 4.78 is 63.5. The first-order valence-electron chi connectivity index (χ1n) is 5.68. The molecule has 0 fully saturated rings. The monoisotopic (exact) mass is 324 g/mol. The molecule has 2 rings (SSSR count). The van der Waals surface area contributed by atoms with E-state index in [2.05, 4.69) is 4.18 Å². The van der Waals surface area contributed by atoms with Gasteiger partial charge in [0, 0.05) is 12.1 Å². The number of alkyl halides is 3. The lowest BCUT2D eigenvalue weighted by molar-refractivity contribution is -0.273. The summed E-state index contributed by atoms with van der Waals surface area (Å²) in [6.07, 6.45) is -3.51. The predicted molar refractivity (Wildman–Crippen MR) is 61.0 cm³/mol. The number of amides is 1. The van der Waals surface area contributed by atoms with Crippen molar-refractivity contribution in [2.75, 3.05) is 6.54 Å². The van der Waals surface area contributed by atoms with Crippen LogP contribution < -0.4 is 5.11 Å². The van der Waals surface area contributed by atoms with E-state index < -0.39 is 27.9 Å². The molecule has 1 aromatic carbocycles. The minimum atomic E-state index is -5.94. The van der Waals surface area contributed by atoms with Crippen molar-refractivity contribution in [1.82, 2.24) is 4.90 Å². The average molecular weight is 324 g/mol. The summed E-state index contributed by atoms with van der Waals surface area (Å²) in [5.41, 5.74) is -5.09. The molecule has 0 spiro atoms. The fraction of sp³-hybridized carbons (Fsp3) is 0.364. The maximum atomic E-state index is 12.4. The minimum Gasteiger partial charge on any atom is -0.530 e. The first-order chi connectivity index (χ1) is 9.63. The highest BCUT2D eigenvalue weighted by molar-refractivity contribution is 7.87. The van der Waals surface area contributed by atoms with Crippen LogP contribution in [0.1, 0.15) is 17.4 Å². The third kappa shape index (κ3) is 2.95. The Bertz CT molecular complexity index is 658. The molecule has 1 aliphatic heterocycles. The van der Waals surface area contributed by atoms with Crippen molar-refractivity contribution in [3.63, 3.8) is 0 Å². The Morgan fingerprint density at radius 1 is 1.33 bits per heavy atom. The molecule has 1 aliphatic rings. The van der Waals surface area contributed by atoms with Gasteiger partial charge in [0.25, 0.3) is 0 Å². The highest BCUT2D eigenvalue weighted by Gasteiger charge is 2.50. The zero-order valence-electron chi connectivity index (χ0n) is 10.3. The van der Waals surface area contributed by atoms with Gasteiger partial charge >= 0.3 is 15.6 Å². The standard InChI is InChI=1S/C11H10F3NO5S/c12-11(13,14)21(18,19)20-9-8-4-2-1-3-7(8)5-6-15(9)10(16)17/h1-4,9H,5-6H2,(H,16,17)/p-1. The molecule has 10 heteroatoms. The number of nitrogens with zero attached hydrogens (tertiary/aromatic N) is 1. The number of benzene rings is 1. The van der Waals surface area contributed by atoms with Crippen molar-refractivity contribution in [3.8, 4) is 0 Å². The molecule has 0 radical (unpaired) electrons. The molecule has 6 nitrogen and oxygen atoms in total. The molecule has 0 N–H and O–H groups in total. The van der Waals surface area contributed by atoms with Crippen molar-refractivity contribution >= 4 is 16.2 Å². The van der Waals surface area contributed by atoms with Crippen LogP contribution in [0.25, 0.3) is 0 Å². The number of carbonyl (C=O) groups excluding carboxylic acids is 1. The summed E-state index contributed by atoms with van der Waals surface area (Å²) in [5.74, 6) is 0. The fourth-order valence-corrected chi connectivity index (χ4v) is 2.55. The molecule has 0 bridgehead atoms. The summed E-state index contributed by atoms with van der Waals surface area (Å²) in [4.78, 5) is 11.4. The van der Waals surface area contributed by atoms with Gasteiger partial charge in [0.15, 0.2) is 6.23 Å². The maximum Gasteiger partial charge on any atom is 0.523 e. The molecule has 1 amide bonds. The summed E-state index contributed by atoms with van der Waals surface area (Å²) >= 11 is 0. The predicted octanol–water partition coefficient (Wildman–Crippen LogP) is 0.753. The van der Waals surface area contributed by atoms with Crippen molar-refractivity contribution < 1.29 is 35.7 Å². The smallest absolute Gasteiger partial charge is 0.523 e. The summed E-state index contributed by atoms with van der Waals surface area (Å²) in [5, 5.41) is 11.0. The molecule has 116 valence electrons. The van der Waals surface area contributed by atoms with Crippen molar-refractivity contribution in [1.29, 1.82) is 0 Å². The van der Waals surface area contributed by atoms with E-state index in [4.69, 9.17) is 0 Å². The third-order valence-corrected chi connectivity index (χ3v) is 3.96. The molecule has 21 heavy (non-hydrogen) atoms. The molecule has 0 aliphatic carbocycles.